The maximum absolute atomic E-state index is 13.4. The normalized spacial score (nSPS) is 17.4. The van der Waals surface area contributed by atoms with Crippen LogP contribution in [0.3, 0.4) is 0 Å². The smallest absolute Gasteiger partial charge is 0.227 e. The molecule has 1 fully saturated rings. The van der Waals surface area contributed by atoms with Crippen LogP contribution >= 0.6 is 0 Å². The number of primary amides is 1. The standard InChI is InChI=1S/C18H14FN3O3/c19-12-3-1-2-10(6-12)18-21-14-8-13(4-5-15(14)25-18)22-9-11(17(20)24)7-16(22)23/h1-6,8,11H,7,9H2,(H2,20,24)/t11-/m1/s1. The predicted octanol–water partition coefficient (Wildman–Crippen LogP) is 2.47. The lowest BCUT2D eigenvalue weighted by Gasteiger charge is -2.15. The van der Waals surface area contributed by atoms with Gasteiger partial charge in [0.15, 0.2) is 5.58 Å². The topological polar surface area (TPSA) is 89.4 Å². The Morgan fingerprint density at radius 1 is 1.28 bits per heavy atom. The summed E-state index contributed by atoms with van der Waals surface area (Å²) >= 11 is 0. The molecular formula is C18H14FN3O3. The minimum absolute atomic E-state index is 0.112. The molecule has 126 valence electrons. The Bertz CT molecular complexity index is 998. The first-order chi connectivity index (χ1) is 12.0. The van der Waals surface area contributed by atoms with Crippen molar-refractivity contribution in [1.82, 2.24) is 4.98 Å². The zero-order valence-electron chi connectivity index (χ0n) is 13.1. The van der Waals surface area contributed by atoms with Gasteiger partial charge in [-0.3, -0.25) is 9.59 Å². The summed E-state index contributed by atoms with van der Waals surface area (Å²) in [5, 5.41) is 0. The zero-order chi connectivity index (χ0) is 17.6. The van der Waals surface area contributed by atoms with Crippen LogP contribution in [-0.2, 0) is 9.59 Å². The third-order valence-corrected chi connectivity index (χ3v) is 4.28. The van der Waals surface area contributed by atoms with Crippen LogP contribution in [0.1, 0.15) is 6.42 Å². The number of hydrogen-bond donors (Lipinski definition) is 1. The quantitative estimate of drug-likeness (QED) is 0.794. The van der Waals surface area contributed by atoms with E-state index in [-0.39, 0.29) is 24.7 Å². The van der Waals surface area contributed by atoms with Crippen LogP contribution in [0.15, 0.2) is 46.9 Å². The molecule has 2 N–H and O–H groups in total. The highest BCUT2D eigenvalue weighted by molar-refractivity contribution is 6.01. The maximum Gasteiger partial charge on any atom is 0.227 e. The van der Waals surface area contributed by atoms with E-state index < -0.39 is 11.8 Å². The van der Waals surface area contributed by atoms with Crippen molar-refractivity contribution in [3.8, 4) is 11.5 Å². The van der Waals surface area contributed by atoms with E-state index in [4.69, 9.17) is 10.2 Å². The van der Waals surface area contributed by atoms with Gasteiger partial charge in [0.25, 0.3) is 0 Å². The molecule has 0 bridgehead atoms. The lowest BCUT2D eigenvalue weighted by atomic mass is 10.1. The Balaban J connectivity index is 1.69. The number of halogens is 1. The van der Waals surface area contributed by atoms with Crippen molar-refractivity contribution in [2.24, 2.45) is 11.7 Å². The number of aromatic nitrogens is 1. The van der Waals surface area contributed by atoms with Gasteiger partial charge >= 0.3 is 0 Å². The molecule has 0 aliphatic carbocycles. The zero-order valence-corrected chi connectivity index (χ0v) is 13.1. The van der Waals surface area contributed by atoms with Crippen molar-refractivity contribution in [1.29, 1.82) is 0 Å². The fourth-order valence-electron chi connectivity index (χ4n) is 2.98. The Labute approximate surface area is 142 Å². The number of anilines is 1. The lowest BCUT2D eigenvalue weighted by molar-refractivity contribution is -0.123. The SMILES string of the molecule is NC(=O)[C@@H]1CC(=O)N(c2ccc3oc(-c4cccc(F)c4)nc3c2)C1. The van der Waals surface area contributed by atoms with Crippen LogP contribution < -0.4 is 10.6 Å². The second kappa shape index (κ2) is 5.70. The highest BCUT2D eigenvalue weighted by atomic mass is 19.1. The molecule has 2 amide bonds. The number of benzene rings is 2. The molecule has 6 nitrogen and oxygen atoms in total. The highest BCUT2D eigenvalue weighted by Gasteiger charge is 2.34. The Hall–Kier alpha value is -3.22. The Kier molecular flexibility index (Phi) is 3.49. The summed E-state index contributed by atoms with van der Waals surface area (Å²) in [7, 11) is 0. The number of hydrogen-bond acceptors (Lipinski definition) is 4. The van der Waals surface area contributed by atoms with Crippen molar-refractivity contribution in [2.45, 2.75) is 6.42 Å². The van der Waals surface area contributed by atoms with Crippen molar-refractivity contribution >= 4 is 28.6 Å². The van der Waals surface area contributed by atoms with E-state index in [0.29, 0.717) is 28.2 Å². The first-order valence-corrected chi connectivity index (χ1v) is 7.77. The lowest BCUT2D eigenvalue weighted by Crippen LogP contribution is -2.28. The minimum atomic E-state index is -0.483. The summed E-state index contributed by atoms with van der Waals surface area (Å²) in [6.07, 6.45) is 0.112. The molecule has 1 aliphatic heterocycles. The summed E-state index contributed by atoms with van der Waals surface area (Å²) in [6, 6.07) is 11.1. The van der Waals surface area contributed by atoms with Gasteiger partial charge in [0.05, 0.1) is 5.92 Å². The minimum Gasteiger partial charge on any atom is -0.436 e. The molecule has 4 rings (SSSR count). The molecule has 3 aromatic rings. The van der Waals surface area contributed by atoms with Crippen LogP contribution in [0.25, 0.3) is 22.6 Å². The van der Waals surface area contributed by atoms with Gasteiger partial charge in [-0.25, -0.2) is 9.37 Å². The molecule has 0 unspecified atom stereocenters. The molecule has 0 spiro atoms. The van der Waals surface area contributed by atoms with Gasteiger partial charge in [-0.2, -0.15) is 0 Å². The van der Waals surface area contributed by atoms with Gasteiger partial charge in [0.1, 0.15) is 11.3 Å². The van der Waals surface area contributed by atoms with E-state index >= 15 is 0 Å². The molecule has 1 atom stereocenters. The summed E-state index contributed by atoms with van der Waals surface area (Å²) in [5.74, 6) is -1.19. The van der Waals surface area contributed by atoms with Gasteiger partial charge in [-0.1, -0.05) is 6.07 Å². The molecule has 2 heterocycles. The number of rotatable bonds is 3. The Morgan fingerprint density at radius 3 is 2.84 bits per heavy atom. The average molecular weight is 339 g/mol. The van der Waals surface area contributed by atoms with Gasteiger partial charge < -0.3 is 15.1 Å². The van der Waals surface area contributed by atoms with Crippen molar-refractivity contribution in [2.75, 3.05) is 11.4 Å². The monoisotopic (exact) mass is 339 g/mol. The predicted molar refractivity (Wildman–Crippen MR) is 89.1 cm³/mol. The van der Waals surface area contributed by atoms with E-state index in [9.17, 15) is 14.0 Å². The fraction of sp³-hybridized carbons (Fsp3) is 0.167. The summed E-state index contributed by atoms with van der Waals surface area (Å²) < 4.78 is 19.0. The second-order valence-corrected chi connectivity index (χ2v) is 5.99. The number of carbonyl (C=O) groups is 2. The van der Waals surface area contributed by atoms with Crippen LogP contribution in [0.5, 0.6) is 0 Å². The average Bonchev–Trinajstić information content (AvgIpc) is 3.17. The highest BCUT2D eigenvalue weighted by Crippen LogP contribution is 2.30. The van der Waals surface area contributed by atoms with Gasteiger partial charge in [0, 0.05) is 24.2 Å². The van der Waals surface area contributed by atoms with Crippen LogP contribution in [0, 0.1) is 11.7 Å². The maximum atomic E-state index is 13.4. The number of nitrogens with zero attached hydrogens (tertiary/aromatic N) is 2. The molecule has 0 radical (unpaired) electrons. The van der Waals surface area contributed by atoms with E-state index in [2.05, 4.69) is 4.98 Å². The first kappa shape index (κ1) is 15.3. The molecule has 1 saturated heterocycles. The van der Waals surface area contributed by atoms with E-state index in [1.54, 1.807) is 30.3 Å². The van der Waals surface area contributed by atoms with Crippen molar-refractivity contribution in [3.05, 3.63) is 48.3 Å². The molecule has 25 heavy (non-hydrogen) atoms. The van der Waals surface area contributed by atoms with Crippen molar-refractivity contribution < 1.29 is 18.4 Å². The van der Waals surface area contributed by atoms with Gasteiger partial charge in [0.2, 0.25) is 17.7 Å². The number of carbonyl (C=O) groups excluding carboxylic acids is 2. The largest absolute Gasteiger partial charge is 0.436 e. The van der Waals surface area contributed by atoms with Gasteiger partial charge in [-0.15, -0.1) is 0 Å². The second-order valence-electron chi connectivity index (χ2n) is 5.99. The molecular weight excluding hydrogens is 325 g/mol. The fourth-order valence-corrected chi connectivity index (χ4v) is 2.98. The first-order valence-electron chi connectivity index (χ1n) is 7.77. The van der Waals surface area contributed by atoms with Crippen molar-refractivity contribution in [3.63, 3.8) is 0 Å². The summed E-state index contributed by atoms with van der Waals surface area (Å²) in [5.41, 5.74) is 7.53. The molecule has 1 aromatic heterocycles. The number of oxazole rings is 1. The molecule has 0 saturated carbocycles. The molecule has 2 aromatic carbocycles. The number of amides is 2. The van der Waals surface area contributed by atoms with E-state index in [0.717, 1.165) is 0 Å². The van der Waals surface area contributed by atoms with Gasteiger partial charge in [-0.05, 0) is 36.4 Å². The summed E-state index contributed by atoms with van der Waals surface area (Å²) in [4.78, 5) is 29.3. The molecule has 7 heteroatoms. The third kappa shape index (κ3) is 2.73. The molecule has 1 aliphatic rings. The summed E-state index contributed by atoms with van der Waals surface area (Å²) in [6.45, 7) is 0.258. The number of nitrogens with two attached hydrogens (primary N) is 1. The van der Waals surface area contributed by atoms with E-state index in [1.807, 2.05) is 0 Å². The Morgan fingerprint density at radius 2 is 2.12 bits per heavy atom. The van der Waals surface area contributed by atoms with E-state index in [1.165, 1.54) is 17.0 Å². The van der Waals surface area contributed by atoms with Crippen LogP contribution in [-0.4, -0.2) is 23.3 Å². The van der Waals surface area contributed by atoms with Crippen LogP contribution in [0.4, 0.5) is 10.1 Å². The third-order valence-electron chi connectivity index (χ3n) is 4.28. The van der Waals surface area contributed by atoms with Crippen LogP contribution in [0.2, 0.25) is 0 Å². The number of fused-ring (bicyclic) bond motifs is 1.